The van der Waals surface area contributed by atoms with Gasteiger partial charge in [-0.3, -0.25) is 4.79 Å². The lowest BCUT2D eigenvalue weighted by molar-refractivity contribution is -0.139. The Morgan fingerprint density at radius 2 is 2.00 bits per heavy atom. The van der Waals surface area contributed by atoms with E-state index < -0.39 is 35.5 Å². The molecule has 1 aromatic rings. The number of hydrogen-bond acceptors (Lipinski definition) is 3. The second kappa shape index (κ2) is 5.97. The molecule has 0 unspecified atom stereocenters. The van der Waals surface area contributed by atoms with Gasteiger partial charge in [-0.2, -0.15) is 0 Å². The number of aliphatic carboxylic acids is 1. The van der Waals surface area contributed by atoms with Crippen LogP contribution in [0.15, 0.2) is 18.2 Å². The Hall–Kier alpha value is -1.40. The van der Waals surface area contributed by atoms with E-state index in [2.05, 4.69) is 5.32 Å². The number of ether oxygens (including phenoxy) is 1. The highest BCUT2D eigenvalue weighted by atomic mass is 35.5. The number of carboxylic acid groups (broad SMARTS) is 1. The minimum atomic E-state index is -0.995. The zero-order valence-corrected chi connectivity index (χ0v) is 10.0. The molecule has 0 saturated carbocycles. The van der Waals surface area contributed by atoms with Crippen molar-refractivity contribution in [2.24, 2.45) is 0 Å². The summed E-state index contributed by atoms with van der Waals surface area (Å²) < 4.78 is 31.7. The van der Waals surface area contributed by atoms with Gasteiger partial charge in [-0.05, 0) is 12.1 Å². The largest absolute Gasteiger partial charge is 0.483 e. The Bertz CT molecular complexity index is 424. The van der Waals surface area contributed by atoms with E-state index in [1.54, 1.807) is 0 Å². The highest BCUT2D eigenvalue weighted by Crippen LogP contribution is 2.24. The molecule has 18 heavy (non-hydrogen) atoms. The summed E-state index contributed by atoms with van der Waals surface area (Å²) in [7, 11) is 0. The van der Waals surface area contributed by atoms with E-state index in [1.807, 2.05) is 0 Å². The van der Waals surface area contributed by atoms with Gasteiger partial charge in [0.2, 0.25) is 0 Å². The number of hydrogen-bond donors (Lipinski definition) is 2. The fourth-order valence-electron chi connectivity index (χ4n) is 1.74. The van der Waals surface area contributed by atoms with Gasteiger partial charge in [-0.25, -0.2) is 8.78 Å². The van der Waals surface area contributed by atoms with Crippen molar-refractivity contribution in [3.63, 3.8) is 0 Å². The topological polar surface area (TPSA) is 58.6 Å². The average Bonchev–Trinajstić information content (AvgIpc) is 2.72. The molecule has 1 aromatic carbocycles. The number of carboxylic acids is 1. The van der Waals surface area contributed by atoms with E-state index in [9.17, 15) is 13.6 Å². The molecule has 2 atom stereocenters. The highest BCUT2D eigenvalue weighted by molar-refractivity contribution is 5.85. The molecule has 1 saturated heterocycles. The van der Waals surface area contributed by atoms with E-state index in [0.29, 0.717) is 0 Å². The number of halogens is 3. The molecule has 1 aliphatic heterocycles. The predicted octanol–water partition coefficient (Wildman–Crippen LogP) is 1.58. The van der Waals surface area contributed by atoms with Gasteiger partial charge in [-0.15, -0.1) is 12.4 Å². The van der Waals surface area contributed by atoms with Crippen LogP contribution in [0.5, 0.6) is 5.75 Å². The third-order valence-corrected chi connectivity index (χ3v) is 2.59. The molecular weight excluding hydrogens is 268 g/mol. The SMILES string of the molecule is Cl.O=C(O)[C@@H]1C[C@H](Oc2c(F)cccc2F)CN1. The molecule has 0 aliphatic carbocycles. The van der Waals surface area contributed by atoms with Crippen molar-refractivity contribution in [3.05, 3.63) is 29.8 Å². The zero-order valence-electron chi connectivity index (χ0n) is 9.23. The van der Waals surface area contributed by atoms with Crippen molar-refractivity contribution in [2.75, 3.05) is 6.54 Å². The summed E-state index contributed by atoms with van der Waals surface area (Å²) in [5.41, 5.74) is 0. The van der Waals surface area contributed by atoms with Crippen LogP contribution in [-0.4, -0.2) is 29.8 Å². The fraction of sp³-hybridized carbons (Fsp3) is 0.364. The maximum atomic E-state index is 13.3. The first-order chi connectivity index (χ1) is 8.08. The quantitative estimate of drug-likeness (QED) is 0.882. The summed E-state index contributed by atoms with van der Waals surface area (Å²) in [6.07, 6.45) is -0.356. The van der Waals surface area contributed by atoms with Crippen molar-refractivity contribution < 1.29 is 23.4 Å². The predicted molar refractivity (Wildman–Crippen MR) is 62.1 cm³/mol. The van der Waals surface area contributed by atoms with Crippen LogP contribution in [0.4, 0.5) is 8.78 Å². The van der Waals surface area contributed by atoms with Crippen molar-refractivity contribution in [3.8, 4) is 5.75 Å². The summed E-state index contributed by atoms with van der Waals surface area (Å²) in [4.78, 5) is 10.7. The van der Waals surface area contributed by atoms with Gasteiger partial charge >= 0.3 is 5.97 Å². The van der Waals surface area contributed by atoms with Crippen molar-refractivity contribution in [2.45, 2.75) is 18.6 Å². The van der Waals surface area contributed by atoms with Crippen LogP contribution >= 0.6 is 12.4 Å². The van der Waals surface area contributed by atoms with Crippen LogP contribution in [0.25, 0.3) is 0 Å². The monoisotopic (exact) mass is 279 g/mol. The Labute approximate surface area is 108 Å². The Kier molecular flexibility index (Phi) is 4.86. The van der Waals surface area contributed by atoms with E-state index >= 15 is 0 Å². The van der Waals surface area contributed by atoms with E-state index in [-0.39, 0.29) is 25.4 Å². The molecule has 100 valence electrons. The minimum Gasteiger partial charge on any atom is -0.483 e. The summed E-state index contributed by atoms with van der Waals surface area (Å²) in [6.45, 7) is 0.255. The Morgan fingerprint density at radius 3 is 2.50 bits per heavy atom. The average molecular weight is 280 g/mol. The van der Waals surface area contributed by atoms with E-state index in [1.165, 1.54) is 6.07 Å². The second-order valence-corrected chi connectivity index (χ2v) is 3.83. The molecule has 7 heteroatoms. The summed E-state index contributed by atoms with van der Waals surface area (Å²) in [5.74, 6) is -3.03. The van der Waals surface area contributed by atoms with Crippen LogP contribution in [0.2, 0.25) is 0 Å². The molecule has 4 nitrogen and oxygen atoms in total. The minimum absolute atomic E-state index is 0. The van der Waals surface area contributed by atoms with E-state index in [0.717, 1.165) is 12.1 Å². The maximum absolute atomic E-state index is 13.3. The van der Waals surface area contributed by atoms with Crippen LogP contribution in [0, 0.1) is 11.6 Å². The van der Waals surface area contributed by atoms with Gasteiger partial charge < -0.3 is 15.2 Å². The van der Waals surface area contributed by atoms with Gasteiger partial charge in [-0.1, -0.05) is 6.07 Å². The molecule has 0 aromatic heterocycles. The Morgan fingerprint density at radius 1 is 1.39 bits per heavy atom. The zero-order chi connectivity index (χ0) is 12.4. The first-order valence-corrected chi connectivity index (χ1v) is 5.15. The summed E-state index contributed by atoms with van der Waals surface area (Å²) >= 11 is 0. The third-order valence-electron chi connectivity index (χ3n) is 2.59. The summed E-state index contributed by atoms with van der Waals surface area (Å²) in [5, 5.41) is 11.4. The fourth-order valence-corrected chi connectivity index (χ4v) is 1.74. The molecule has 0 bridgehead atoms. The third kappa shape index (κ3) is 3.08. The molecule has 1 heterocycles. The molecule has 1 aliphatic rings. The Balaban J connectivity index is 0.00000162. The number of carbonyl (C=O) groups is 1. The second-order valence-electron chi connectivity index (χ2n) is 3.83. The first kappa shape index (κ1) is 14.7. The molecular formula is C11H12ClF2NO3. The smallest absolute Gasteiger partial charge is 0.320 e. The van der Waals surface area contributed by atoms with Gasteiger partial charge in [0.1, 0.15) is 12.1 Å². The van der Waals surface area contributed by atoms with Crippen molar-refractivity contribution in [1.29, 1.82) is 0 Å². The lowest BCUT2D eigenvalue weighted by Crippen LogP contribution is -2.30. The highest BCUT2D eigenvalue weighted by Gasteiger charge is 2.31. The molecule has 0 spiro atoms. The lowest BCUT2D eigenvalue weighted by Gasteiger charge is -2.13. The number of para-hydroxylation sites is 1. The van der Waals surface area contributed by atoms with Gasteiger partial charge in [0.25, 0.3) is 0 Å². The number of rotatable bonds is 3. The normalized spacial score (nSPS) is 22.3. The number of benzene rings is 1. The summed E-state index contributed by atoms with van der Waals surface area (Å²) in [6, 6.07) is 2.70. The molecule has 2 N–H and O–H groups in total. The van der Waals surface area contributed by atoms with E-state index in [4.69, 9.17) is 9.84 Å². The van der Waals surface area contributed by atoms with Crippen LogP contribution < -0.4 is 10.1 Å². The first-order valence-electron chi connectivity index (χ1n) is 5.15. The van der Waals surface area contributed by atoms with Gasteiger partial charge in [0, 0.05) is 13.0 Å². The van der Waals surface area contributed by atoms with Crippen molar-refractivity contribution >= 4 is 18.4 Å². The van der Waals surface area contributed by atoms with Crippen LogP contribution in [-0.2, 0) is 4.79 Å². The number of nitrogens with one attached hydrogen (secondary N) is 1. The van der Waals surface area contributed by atoms with Crippen molar-refractivity contribution in [1.82, 2.24) is 5.32 Å². The molecule has 0 radical (unpaired) electrons. The van der Waals surface area contributed by atoms with Gasteiger partial charge in [0.05, 0.1) is 0 Å². The van der Waals surface area contributed by atoms with Crippen LogP contribution in [0.3, 0.4) is 0 Å². The maximum Gasteiger partial charge on any atom is 0.320 e. The molecule has 1 fully saturated rings. The molecule has 2 rings (SSSR count). The lowest BCUT2D eigenvalue weighted by atomic mass is 10.2. The van der Waals surface area contributed by atoms with Gasteiger partial charge in [0.15, 0.2) is 17.4 Å². The standard InChI is InChI=1S/C11H11F2NO3.ClH/c12-7-2-1-3-8(13)10(7)17-6-4-9(11(15)16)14-5-6;/h1-3,6,9,14H,4-5H2,(H,15,16);1H/t6-,9-;/m0./s1. The molecule has 0 amide bonds. The van der Waals surface area contributed by atoms with Crippen LogP contribution in [0.1, 0.15) is 6.42 Å².